The summed E-state index contributed by atoms with van der Waals surface area (Å²) in [5.74, 6) is -0.0484. The van der Waals surface area contributed by atoms with E-state index in [1.54, 1.807) is 13.1 Å². The van der Waals surface area contributed by atoms with Crippen LogP contribution in [0.1, 0.15) is 41.4 Å². The fraction of sp³-hybridized carbons (Fsp3) is 0.542. The maximum atomic E-state index is 13.1. The molecular weight excluding hydrogens is 408 g/mol. The lowest BCUT2D eigenvalue weighted by Crippen LogP contribution is -2.47. The number of likely N-dealkylation sites (N-methyl/N-ethyl adjacent to an activating group) is 1. The van der Waals surface area contributed by atoms with Crippen molar-refractivity contribution in [3.05, 3.63) is 41.6 Å². The highest BCUT2D eigenvalue weighted by Crippen LogP contribution is 2.27. The van der Waals surface area contributed by atoms with E-state index in [1.165, 1.54) is 11.3 Å². The lowest BCUT2D eigenvalue weighted by atomic mass is 10.0. The van der Waals surface area contributed by atoms with Crippen molar-refractivity contribution >= 4 is 22.7 Å². The molecule has 0 aliphatic carbocycles. The van der Waals surface area contributed by atoms with Gasteiger partial charge in [0.15, 0.2) is 0 Å². The van der Waals surface area contributed by atoms with Crippen LogP contribution in [0.15, 0.2) is 30.3 Å². The number of morpholine rings is 1. The number of pyridine rings is 1. The van der Waals surface area contributed by atoms with E-state index in [9.17, 15) is 14.7 Å². The van der Waals surface area contributed by atoms with Crippen LogP contribution in [0, 0.1) is 0 Å². The van der Waals surface area contributed by atoms with Crippen molar-refractivity contribution in [2.24, 2.45) is 0 Å². The number of likely N-dealkylation sites (tertiary alicyclic amines) is 1. The summed E-state index contributed by atoms with van der Waals surface area (Å²) in [6.45, 7) is 4.02. The van der Waals surface area contributed by atoms with Crippen molar-refractivity contribution < 1.29 is 19.4 Å². The van der Waals surface area contributed by atoms with E-state index in [0.717, 1.165) is 31.3 Å². The smallest absolute Gasteiger partial charge is 0.254 e. The van der Waals surface area contributed by atoms with Crippen molar-refractivity contribution in [2.75, 3.05) is 59.5 Å². The van der Waals surface area contributed by atoms with Crippen molar-refractivity contribution in [3.63, 3.8) is 0 Å². The van der Waals surface area contributed by atoms with Crippen LogP contribution in [0.2, 0.25) is 0 Å². The van der Waals surface area contributed by atoms with Gasteiger partial charge in [0.25, 0.3) is 5.91 Å². The fourth-order valence-corrected chi connectivity index (χ4v) is 4.46. The maximum Gasteiger partial charge on any atom is 0.254 e. The summed E-state index contributed by atoms with van der Waals surface area (Å²) >= 11 is 0. The molecule has 3 heterocycles. The third kappa shape index (κ3) is 5.09. The molecule has 0 unspecified atom stereocenters. The summed E-state index contributed by atoms with van der Waals surface area (Å²) < 4.78 is 5.99. The molecule has 1 atom stereocenters. The Kier molecular flexibility index (Phi) is 7.34. The molecule has 8 heteroatoms. The van der Waals surface area contributed by atoms with Crippen LogP contribution in [0.3, 0.4) is 0 Å². The number of aliphatic hydroxyl groups excluding tert-OH is 1. The minimum atomic E-state index is -0.381. The van der Waals surface area contributed by atoms with E-state index < -0.39 is 0 Å². The summed E-state index contributed by atoms with van der Waals surface area (Å²) in [5, 5.41) is 10.00. The minimum absolute atomic E-state index is 0.0993. The van der Waals surface area contributed by atoms with E-state index in [2.05, 4.69) is 4.90 Å². The second-order valence-corrected chi connectivity index (χ2v) is 8.60. The number of fused-ring (bicyclic) bond motifs is 1. The zero-order valence-corrected chi connectivity index (χ0v) is 18.7. The third-order valence-corrected chi connectivity index (χ3v) is 6.31. The average molecular weight is 441 g/mol. The van der Waals surface area contributed by atoms with E-state index >= 15 is 0 Å². The normalized spacial score (nSPS) is 19.8. The quantitative estimate of drug-likeness (QED) is 0.736. The number of para-hydroxylation sites is 1. The lowest BCUT2D eigenvalue weighted by molar-refractivity contribution is -0.140. The zero-order chi connectivity index (χ0) is 22.5. The Morgan fingerprint density at radius 2 is 1.97 bits per heavy atom. The third-order valence-electron chi connectivity index (χ3n) is 6.31. The molecule has 1 aromatic carbocycles. The number of ether oxygens (including phenoxy) is 1. The zero-order valence-electron chi connectivity index (χ0n) is 18.7. The first-order valence-corrected chi connectivity index (χ1v) is 11.4. The van der Waals surface area contributed by atoms with Crippen molar-refractivity contribution in [1.82, 2.24) is 19.7 Å². The summed E-state index contributed by atoms with van der Waals surface area (Å²) in [5.41, 5.74) is 1.90. The fourth-order valence-electron chi connectivity index (χ4n) is 4.46. The first kappa shape index (κ1) is 22.6. The molecule has 2 aromatic rings. The Morgan fingerprint density at radius 3 is 2.75 bits per heavy atom. The lowest BCUT2D eigenvalue weighted by Gasteiger charge is -2.35. The summed E-state index contributed by atoms with van der Waals surface area (Å²) in [4.78, 5) is 36.3. The standard InChI is InChI=1S/C24H32N4O4/c1-26(11-13-29)24(31)19-15-21(25-20-8-4-3-7-18(19)20)22-16-28(12-14-32-22)23(30)17-27-9-5-2-6-10-27/h3-4,7-8,15,22,29H,2,5-6,9-14,16-17H2,1H3/t22-/m0/s1. The van der Waals surface area contributed by atoms with Gasteiger partial charge in [-0.15, -0.1) is 0 Å². The van der Waals surface area contributed by atoms with Crippen LogP contribution in [0.25, 0.3) is 10.9 Å². The highest BCUT2D eigenvalue weighted by atomic mass is 16.5. The number of benzene rings is 1. The molecule has 172 valence electrons. The van der Waals surface area contributed by atoms with Crippen LogP contribution < -0.4 is 0 Å². The largest absolute Gasteiger partial charge is 0.395 e. The van der Waals surface area contributed by atoms with Gasteiger partial charge in [0, 0.05) is 25.5 Å². The molecule has 0 spiro atoms. The summed E-state index contributed by atoms with van der Waals surface area (Å²) in [7, 11) is 1.67. The number of hydrogen-bond acceptors (Lipinski definition) is 6. The highest BCUT2D eigenvalue weighted by Gasteiger charge is 2.29. The molecule has 2 fully saturated rings. The molecule has 1 aromatic heterocycles. The van der Waals surface area contributed by atoms with Gasteiger partial charge in [-0.2, -0.15) is 0 Å². The summed E-state index contributed by atoms with van der Waals surface area (Å²) in [6.07, 6.45) is 3.17. The molecule has 0 radical (unpaired) electrons. The van der Waals surface area contributed by atoms with Gasteiger partial charge in [0.1, 0.15) is 6.10 Å². The SMILES string of the molecule is CN(CCO)C(=O)c1cc([C@@H]2CN(C(=O)CN3CCCCC3)CCO2)nc2ccccc12. The Bertz CT molecular complexity index is 960. The van der Waals surface area contributed by atoms with Crippen LogP contribution in [-0.4, -0.2) is 96.1 Å². The van der Waals surface area contributed by atoms with Gasteiger partial charge in [0.05, 0.1) is 43.1 Å². The predicted octanol–water partition coefficient (Wildman–Crippen LogP) is 1.68. The van der Waals surface area contributed by atoms with Gasteiger partial charge >= 0.3 is 0 Å². The van der Waals surface area contributed by atoms with Gasteiger partial charge < -0.3 is 19.6 Å². The Labute approximate surface area is 188 Å². The molecule has 0 saturated carbocycles. The second-order valence-electron chi connectivity index (χ2n) is 8.60. The number of nitrogens with zero attached hydrogens (tertiary/aromatic N) is 4. The number of aromatic nitrogens is 1. The number of aliphatic hydroxyl groups is 1. The molecule has 2 aliphatic heterocycles. The molecule has 2 aliphatic rings. The predicted molar refractivity (Wildman–Crippen MR) is 121 cm³/mol. The van der Waals surface area contributed by atoms with Gasteiger partial charge in [-0.25, -0.2) is 4.98 Å². The van der Waals surface area contributed by atoms with Gasteiger partial charge in [-0.3, -0.25) is 14.5 Å². The van der Waals surface area contributed by atoms with Crippen molar-refractivity contribution in [1.29, 1.82) is 0 Å². The maximum absolute atomic E-state index is 13.1. The molecular formula is C24H32N4O4. The Hall–Kier alpha value is -2.55. The van der Waals surface area contributed by atoms with Crippen LogP contribution in [0.5, 0.6) is 0 Å². The Balaban J connectivity index is 1.55. The number of amides is 2. The van der Waals surface area contributed by atoms with Crippen LogP contribution in [0.4, 0.5) is 0 Å². The van der Waals surface area contributed by atoms with Gasteiger partial charge in [0.2, 0.25) is 5.91 Å². The number of rotatable bonds is 6. The Morgan fingerprint density at radius 1 is 1.19 bits per heavy atom. The van der Waals surface area contributed by atoms with Gasteiger partial charge in [-0.05, 0) is 38.1 Å². The van der Waals surface area contributed by atoms with E-state index in [4.69, 9.17) is 9.72 Å². The molecule has 8 nitrogen and oxygen atoms in total. The van der Waals surface area contributed by atoms with E-state index in [1.807, 2.05) is 29.2 Å². The molecule has 32 heavy (non-hydrogen) atoms. The summed E-state index contributed by atoms with van der Waals surface area (Å²) in [6, 6.07) is 9.31. The number of piperidine rings is 1. The van der Waals surface area contributed by atoms with E-state index in [0.29, 0.717) is 43.0 Å². The number of hydrogen-bond donors (Lipinski definition) is 1. The minimum Gasteiger partial charge on any atom is -0.395 e. The monoisotopic (exact) mass is 440 g/mol. The van der Waals surface area contributed by atoms with Gasteiger partial charge in [-0.1, -0.05) is 24.6 Å². The first-order chi connectivity index (χ1) is 15.6. The first-order valence-electron chi connectivity index (χ1n) is 11.4. The van der Waals surface area contributed by atoms with Crippen LogP contribution >= 0.6 is 0 Å². The van der Waals surface area contributed by atoms with Crippen LogP contribution in [-0.2, 0) is 9.53 Å². The highest BCUT2D eigenvalue weighted by molar-refractivity contribution is 6.06. The van der Waals surface area contributed by atoms with E-state index in [-0.39, 0.29) is 31.1 Å². The number of carbonyl (C=O) groups excluding carboxylic acids is 2. The van der Waals surface area contributed by atoms with Crippen molar-refractivity contribution in [2.45, 2.75) is 25.4 Å². The molecule has 2 saturated heterocycles. The molecule has 0 bridgehead atoms. The topological polar surface area (TPSA) is 86.2 Å². The number of carbonyl (C=O) groups is 2. The average Bonchev–Trinajstić information content (AvgIpc) is 2.83. The molecule has 1 N–H and O–H groups in total. The second kappa shape index (κ2) is 10.4. The molecule has 4 rings (SSSR count). The molecule has 2 amide bonds. The van der Waals surface area contributed by atoms with Crippen molar-refractivity contribution in [3.8, 4) is 0 Å².